The van der Waals surface area contributed by atoms with Crippen LogP contribution in [0.5, 0.6) is 5.75 Å². The molecule has 9 heteroatoms. The first-order chi connectivity index (χ1) is 10.9. The number of anilines is 1. The molecule has 2 unspecified atom stereocenters. The number of benzene rings is 2. The molecule has 2 rings (SSSR count). The van der Waals surface area contributed by atoms with Crippen molar-refractivity contribution in [2.45, 2.75) is 6.92 Å². The highest BCUT2D eigenvalue weighted by Crippen LogP contribution is 2.22. The van der Waals surface area contributed by atoms with Crippen molar-refractivity contribution >= 4 is 22.8 Å². The van der Waals surface area contributed by atoms with E-state index in [1.807, 2.05) is 0 Å². The molecule has 0 aliphatic carbocycles. The van der Waals surface area contributed by atoms with Crippen molar-refractivity contribution in [1.29, 1.82) is 0 Å². The van der Waals surface area contributed by atoms with E-state index in [0.29, 0.717) is 11.3 Å². The number of rotatable bonds is 5. The number of aromatic hydroxyl groups is 1. The molecule has 0 aromatic heterocycles. The molecule has 6 N–H and O–H groups in total. The number of phenolic OH excluding ortho intramolecular Hbond substituents is 1. The van der Waals surface area contributed by atoms with Crippen molar-refractivity contribution in [2.75, 3.05) is 5.43 Å². The first kappa shape index (κ1) is 16.8. The Balaban J connectivity index is 2.29. The van der Waals surface area contributed by atoms with Gasteiger partial charge < -0.3 is 15.5 Å². The van der Waals surface area contributed by atoms with E-state index in [9.17, 15) is 20.7 Å². The first-order valence-corrected chi connectivity index (χ1v) is 6.59. The van der Waals surface area contributed by atoms with Crippen LogP contribution in [0.25, 0.3) is 0 Å². The Labute approximate surface area is 131 Å². The number of hydrogen-bond acceptors (Lipinski definition) is 7. The fourth-order valence-electron chi connectivity index (χ4n) is 1.94. The lowest BCUT2D eigenvalue weighted by Crippen LogP contribution is -3.00. The second-order valence-corrected chi connectivity index (χ2v) is 4.70. The molecule has 23 heavy (non-hydrogen) atoms. The fourth-order valence-corrected chi connectivity index (χ4v) is 1.94. The molecule has 0 radical (unpaired) electrons. The van der Waals surface area contributed by atoms with Crippen LogP contribution in [-0.4, -0.2) is 21.2 Å². The molecule has 0 saturated carbocycles. The number of hydrogen-bond donors (Lipinski definition) is 6. The summed E-state index contributed by atoms with van der Waals surface area (Å²) in [6.07, 6.45) is 0. The SMILES string of the molecule is CC(=NNc1ccc([NH+]([O-])O)cc1[NH+]([O-])O)c1ccccc1O. The Bertz CT molecular complexity index is 718. The van der Waals surface area contributed by atoms with Crippen LogP contribution in [0.2, 0.25) is 0 Å². The zero-order valence-electron chi connectivity index (χ0n) is 12.1. The van der Waals surface area contributed by atoms with Crippen LogP contribution >= 0.6 is 0 Å². The lowest BCUT2D eigenvalue weighted by Gasteiger charge is -2.18. The molecule has 0 aliphatic heterocycles. The van der Waals surface area contributed by atoms with Gasteiger partial charge in [0.05, 0.1) is 11.8 Å². The summed E-state index contributed by atoms with van der Waals surface area (Å²) >= 11 is 0. The summed E-state index contributed by atoms with van der Waals surface area (Å²) in [7, 11) is 0. The van der Waals surface area contributed by atoms with Crippen LogP contribution in [-0.2, 0) is 0 Å². The van der Waals surface area contributed by atoms with Gasteiger partial charge in [-0.15, -0.1) is 0 Å². The number of quaternary nitrogens is 2. The predicted octanol–water partition coefficient (Wildman–Crippen LogP) is 0.0351. The van der Waals surface area contributed by atoms with E-state index in [2.05, 4.69) is 10.5 Å². The standard InChI is InChI=1S/C14H16N4O5/c1-9(11-4-2-3-5-14(11)19)15-16-12-7-6-10(17(20)21)8-13(12)18(22)23/h2-8,16-20,22H,1H3. The van der Waals surface area contributed by atoms with E-state index in [1.54, 1.807) is 25.1 Å². The average Bonchev–Trinajstić information content (AvgIpc) is 2.52. The Morgan fingerprint density at radius 2 is 1.78 bits per heavy atom. The summed E-state index contributed by atoms with van der Waals surface area (Å²) < 4.78 is 0. The van der Waals surface area contributed by atoms with Crippen molar-refractivity contribution in [3.8, 4) is 5.75 Å². The summed E-state index contributed by atoms with van der Waals surface area (Å²) in [6.45, 7) is 1.65. The molecular weight excluding hydrogens is 304 g/mol. The molecule has 122 valence electrons. The van der Waals surface area contributed by atoms with Crippen LogP contribution in [0.15, 0.2) is 47.6 Å². The number of nitrogens with zero attached hydrogens (tertiary/aromatic N) is 1. The van der Waals surface area contributed by atoms with Crippen LogP contribution in [0.1, 0.15) is 12.5 Å². The monoisotopic (exact) mass is 320 g/mol. The molecule has 0 saturated heterocycles. The molecule has 2 aromatic carbocycles. The van der Waals surface area contributed by atoms with E-state index in [-0.39, 0.29) is 22.8 Å². The third kappa shape index (κ3) is 4.02. The largest absolute Gasteiger partial charge is 0.595 e. The average molecular weight is 320 g/mol. The van der Waals surface area contributed by atoms with E-state index < -0.39 is 10.5 Å². The highest BCUT2D eigenvalue weighted by Gasteiger charge is 2.13. The maximum atomic E-state index is 11.2. The van der Waals surface area contributed by atoms with E-state index in [1.165, 1.54) is 18.2 Å². The van der Waals surface area contributed by atoms with Gasteiger partial charge in [0.2, 0.25) is 0 Å². The fraction of sp³-hybridized carbons (Fsp3) is 0.0714. The van der Waals surface area contributed by atoms with Crippen molar-refractivity contribution in [3.63, 3.8) is 0 Å². The van der Waals surface area contributed by atoms with Gasteiger partial charge in [-0.1, -0.05) is 12.1 Å². The van der Waals surface area contributed by atoms with Crippen molar-refractivity contribution < 1.29 is 26.0 Å². The molecule has 0 spiro atoms. The maximum Gasteiger partial charge on any atom is 0.195 e. The maximum absolute atomic E-state index is 11.2. The molecule has 0 bridgehead atoms. The molecule has 0 amide bonds. The molecular formula is C14H16N4O5. The number of hydrazone groups is 1. The van der Waals surface area contributed by atoms with Gasteiger partial charge in [0.15, 0.2) is 11.4 Å². The first-order valence-electron chi connectivity index (χ1n) is 6.59. The van der Waals surface area contributed by atoms with Crippen molar-refractivity contribution in [2.24, 2.45) is 5.10 Å². The molecule has 2 aromatic rings. The normalized spacial score (nSPS) is 14.4. The van der Waals surface area contributed by atoms with Gasteiger partial charge in [-0.3, -0.25) is 5.43 Å². The van der Waals surface area contributed by atoms with E-state index in [4.69, 9.17) is 5.21 Å². The smallest absolute Gasteiger partial charge is 0.195 e. The number of para-hydroxylation sites is 1. The van der Waals surface area contributed by atoms with Gasteiger partial charge in [-0.05, 0) is 25.1 Å². The van der Waals surface area contributed by atoms with Crippen LogP contribution in [0.3, 0.4) is 0 Å². The summed E-state index contributed by atoms with van der Waals surface area (Å²) in [6, 6.07) is 10.2. The molecule has 2 atom stereocenters. The van der Waals surface area contributed by atoms with Crippen LogP contribution < -0.4 is 15.9 Å². The van der Waals surface area contributed by atoms with Crippen molar-refractivity contribution in [3.05, 3.63) is 58.4 Å². The van der Waals surface area contributed by atoms with Gasteiger partial charge in [0, 0.05) is 11.6 Å². The van der Waals surface area contributed by atoms with Gasteiger partial charge in [-0.2, -0.15) is 15.6 Å². The second-order valence-electron chi connectivity index (χ2n) is 4.70. The minimum atomic E-state index is -1.27. The molecule has 9 nitrogen and oxygen atoms in total. The zero-order valence-corrected chi connectivity index (χ0v) is 12.1. The molecule has 0 heterocycles. The summed E-state index contributed by atoms with van der Waals surface area (Å²) in [5.41, 5.74) is 3.34. The third-order valence-electron chi connectivity index (χ3n) is 3.13. The van der Waals surface area contributed by atoms with Gasteiger partial charge in [0.25, 0.3) is 0 Å². The van der Waals surface area contributed by atoms with Gasteiger partial charge >= 0.3 is 0 Å². The molecule has 0 aliphatic rings. The second kappa shape index (κ2) is 7.15. The Morgan fingerprint density at radius 1 is 1.09 bits per heavy atom. The number of phenols is 1. The highest BCUT2D eigenvalue weighted by atomic mass is 16.8. The lowest BCUT2D eigenvalue weighted by molar-refractivity contribution is -0.996. The minimum Gasteiger partial charge on any atom is -0.595 e. The van der Waals surface area contributed by atoms with Crippen molar-refractivity contribution in [1.82, 2.24) is 0 Å². The Hall–Kier alpha value is -2.53. The Morgan fingerprint density at radius 3 is 2.39 bits per heavy atom. The number of nitrogens with one attached hydrogen (secondary N) is 3. The van der Waals surface area contributed by atoms with Crippen LogP contribution in [0, 0.1) is 10.4 Å². The zero-order chi connectivity index (χ0) is 17.0. The quantitative estimate of drug-likeness (QED) is 0.339. The van der Waals surface area contributed by atoms with E-state index in [0.717, 1.165) is 6.07 Å². The summed E-state index contributed by atoms with van der Waals surface area (Å²) in [5, 5.41) is 51.5. The lowest BCUT2D eigenvalue weighted by atomic mass is 10.1. The Kier molecular flexibility index (Phi) is 5.24. The predicted molar refractivity (Wildman–Crippen MR) is 81.9 cm³/mol. The third-order valence-corrected chi connectivity index (χ3v) is 3.13. The highest BCUT2D eigenvalue weighted by molar-refractivity contribution is 6.01. The van der Waals surface area contributed by atoms with Crippen LogP contribution in [0.4, 0.5) is 17.1 Å². The van der Waals surface area contributed by atoms with E-state index >= 15 is 0 Å². The molecule has 0 fully saturated rings. The minimum absolute atomic E-state index is 0.0511. The summed E-state index contributed by atoms with van der Waals surface area (Å²) in [4.78, 5) is 0. The van der Waals surface area contributed by atoms with Gasteiger partial charge in [-0.25, -0.2) is 10.4 Å². The summed E-state index contributed by atoms with van der Waals surface area (Å²) in [5.74, 6) is 0.0511. The van der Waals surface area contributed by atoms with Gasteiger partial charge in [0.1, 0.15) is 11.4 Å². The topological polar surface area (TPSA) is 140 Å².